The van der Waals surface area contributed by atoms with Crippen LogP contribution >= 0.6 is 23.2 Å². The summed E-state index contributed by atoms with van der Waals surface area (Å²) in [4.78, 5) is 23.6. The minimum absolute atomic E-state index is 0.203. The maximum Gasteiger partial charge on any atom is 0.329 e. The van der Waals surface area contributed by atoms with Gasteiger partial charge in [0.15, 0.2) is 11.5 Å². The third-order valence-electron chi connectivity index (χ3n) is 3.98. The fourth-order valence-electron chi connectivity index (χ4n) is 2.44. The Kier molecular flexibility index (Phi) is 10.1. The van der Waals surface area contributed by atoms with Crippen LogP contribution < -0.4 is 20.2 Å². The maximum atomic E-state index is 11.8. The monoisotopic (exact) mass is 467 g/mol. The molecule has 2 N–H and O–H groups in total. The molecule has 10 heteroatoms. The van der Waals surface area contributed by atoms with Crippen molar-refractivity contribution < 1.29 is 23.8 Å². The number of amides is 2. The van der Waals surface area contributed by atoms with Gasteiger partial charge in [-0.05, 0) is 36.2 Å². The average molecular weight is 468 g/mol. The van der Waals surface area contributed by atoms with Crippen LogP contribution in [0, 0.1) is 0 Å². The third-order valence-corrected chi connectivity index (χ3v) is 4.72. The zero-order valence-corrected chi connectivity index (χ0v) is 18.6. The standard InChI is InChI=1S/C21H23Cl2N3O5/c1-29-10-4-9-24-20(27)21(28)26-25-12-15-5-3-6-18(30-2)19(15)31-13-14-7-8-16(22)17(23)11-14/h3,5-8,11-12H,4,9-10,13H2,1-2H3,(H,24,27)(H,26,28)/b25-12-. The van der Waals surface area contributed by atoms with E-state index >= 15 is 0 Å². The first-order valence-electron chi connectivity index (χ1n) is 9.30. The van der Waals surface area contributed by atoms with Crippen molar-refractivity contribution in [1.82, 2.24) is 10.7 Å². The summed E-state index contributed by atoms with van der Waals surface area (Å²) in [5.41, 5.74) is 3.53. The van der Waals surface area contributed by atoms with Gasteiger partial charge >= 0.3 is 11.8 Å². The van der Waals surface area contributed by atoms with Crippen LogP contribution in [-0.2, 0) is 20.9 Å². The molecule has 2 aromatic rings. The van der Waals surface area contributed by atoms with E-state index in [0.717, 1.165) is 5.56 Å². The highest BCUT2D eigenvalue weighted by molar-refractivity contribution is 6.42. The number of methoxy groups -OCH3 is 2. The number of nitrogens with zero attached hydrogens (tertiary/aromatic N) is 1. The Morgan fingerprint density at radius 1 is 1.10 bits per heavy atom. The minimum Gasteiger partial charge on any atom is -0.493 e. The summed E-state index contributed by atoms with van der Waals surface area (Å²) in [6, 6.07) is 10.4. The van der Waals surface area contributed by atoms with Crippen LogP contribution in [0.2, 0.25) is 10.0 Å². The minimum atomic E-state index is -0.880. The number of hydrazone groups is 1. The van der Waals surface area contributed by atoms with E-state index in [0.29, 0.717) is 46.7 Å². The molecule has 0 saturated heterocycles. The molecular formula is C21H23Cl2N3O5. The van der Waals surface area contributed by atoms with Gasteiger partial charge in [0, 0.05) is 25.8 Å². The molecule has 31 heavy (non-hydrogen) atoms. The van der Waals surface area contributed by atoms with Gasteiger partial charge in [-0.3, -0.25) is 9.59 Å². The summed E-state index contributed by atoms with van der Waals surface area (Å²) >= 11 is 12.0. The van der Waals surface area contributed by atoms with E-state index in [9.17, 15) is 9.59 Å². The third kappa shape index (κ3) is 7.75. The van der Waals surface area contributed by atoms with Crippen LogP contribution in [0.4, 0.5) is 0 Å². The summed E-state index contributed by atoms with van der Waals surface area (Å²) in [5, 5.41) is 7.19. The Labute approximate surface area is 190 Å². The zero-order chi connectivity index (χ0) is 22.6. The molecular weight excluding hydrogens is 445 g/mol. The van der Waals surface area contributed by atoms with Crippen LogP contribution in [0.1, 0.15) is 17.5 Å². The van der Waals surface area contributed by atoms with Crippen LogP contribution in [0.5, 0.6) is 11.5 Å². The molecule has 0 aliphatic rings. The second-order valence-corrected chi connectivity index (χ2v) is 7.03. The molecule has 0 aliphatic carbocycles. The number of hydrogen-bond acceptors (Lipinski definition) is 6. The number of benzene rings is 2. The van der Waals surface area contributed by atoms with Crippen molar-refractivity contribution in [1.29, 1.82) is 0 Å². The average Bonchev–Trinajstić information content (AvgIpc) is 2.77. The van der Waals surface area contributed by atoms with E-state index in [1.807, 2.05) is 0 Å². The molecule has 0 fully saturated rings. The van der Waals surface area contributed by atoms with Crippen LogP contribution in [-0.4, -0.2) is 45.4 Å². The molecule has 0 aliphatic heterocycles. The molecule has 0 saturated carbocycles. The number of ether oxygens (including phenoxy) is 3. The second kappa shape index (κ2) is 12.8. The molecule has 2 amide bonds. The highest BCUT2D eigenvalue weighted by Crippen LogP contribution is 2.31. The van der Waals surface area contributed by atoms with Gasteiger partial charge in [0.1, 0.15) is 6.61 Å². The Bertz CT molecular complexity index is 937. The lowest BCUT2D eigenvalue weighted by atomic mass is 10.2. The van der Waals surface area contributed by atoms with E-state index in [1.165, 1.54) is 13.3 Å². The van der Waals surface area contributed by atoms with Crippen LogP contribution in [0.15, 0.2) is 41.5 Å². The molecule has 0 unspecified atom stereocenters. The summed E-state index contributed by atoms with van der Waals surface area (Å²) in [7, 11) is 3.07. The topological polar surface area (TPSA) is 98.2 Å². The van der Waals surface area contributed by atoms with E-state index in [1.54, 1.807) is 43.5 Å². The summed E-state index contributed by atoms with van der Waals surface area (Å²) < 4.78 is 16.1. The van der Waals surface area contributed by atoms with Gasteiger partial charge in [0.25, 0.3) is 0 Å². The van der Waals surface area contributed by atoms with Crippen molar-refractivity contribution in [3.05, 3.63) is 57.6 Å². The fraction of sp³-hybridized carbons (Fsp3) is 0.286. The van der Waals surface area contributed by atoms with Gasteiger partial charge < -0.3 is 19.5 Å². The summed E-state index contributed by atoms with van der Waals surface area (Å²) in [6.07, 6.45) is 1.96. The largest absolute Gasteiger partial charge is 0.493 e. The van der Waals surface area contributed by atoms with Crippen molar-refractivity contribution in [2.24, 2.45) is 5.10 Å². The number of nitrogens with one attached hydrogen (secondary N) is 2. The van der Waals surface area contributed by atoms with Crippen molar-refractivity contribution in [2.75, 3.05) is 27.4 Å². The van der Waals surface area contributed by atoms with Crippen molar-refractivity contribution >= 4 is 41.2 Å². The number of rotatable bonds is 10. The van der Waals surface area contributed by atoms with Gasteiger partial charge in [0.2, 0.25) is 0 Å². The molecule has 0 spiro atoms. The Balaban J connectivity index is 2.02. The quantitative estimate of drug-likeness (QED) is 0.242. The molecule has 0 atom stereocenters. The fourth-order valence-corrected chi connectivity index (χ4v) is 2.77. The van der Waals surface area contributed by atoms with Gasteiger partial charge in [-0.1, -0.05) is 35.3 Å². The summed E-state index contributed by atoms with van der Waals surface area (Å²) in [6.45, 7) is 1.02. The van der Waals surface area contributed by atoms with Crippen molar-refractivity contribution in [3.8, 4) is 11.5 Å². The molecule has 166 valence electrons. The van der Waals surface area contributed by atoms with Crippen molar-refractivity contribution in [3.63, 3.8) is 0 Å². The molecule has 8 nitrogen and oxygen atoms in total. The Hall–Kier alpha value is -2.81. The lowest BCUT2D eigenvalue weighted by Crippen LogP contribution is -2.38. The highest BCUT2D eigenvalue weighted by atomic mass is 35.5. The molecule has 0 heterocycles. The van der Waals surface area contributed by atoms with E-state index in [4.69, 9.17) is 37.4 Å². The maximum absolute atomic E-state index is 11.8. The first-order chi connectivity index (χ1) is 15.0. The number of carbonyl (C=O) groups is 2. The van der Waals surface area contributed by atoms with Crippen LogP contribution in [0.3, 0.4) is 0 Å². The second-order valence-electron chi connectivity index (χ2n) is 6.22. The number of para-hydroxylation sites is 1. The predicted molar refractivity (Wildman–Crippen MR) is 119 cm³/mol. The normalized spacial score (nSPS) is 10.7. The van der Waals surface area contributed by atoms with Gasteiger partial charge in [-0.2, -0.15) is 5.10 Å². The van der Waals surface area contributed by atoms with Gasteiger partial charge in [-0.15, -0.1) is 0 Å². The highest BCUT2D eigenvalue weighted by Gasteiger charge is 2.13. The lowest BCUT2D eigenvalue weighted by Gasteiger charge is -2.13. The Morgan fingerprint density at radius 2 is 1.90 bits per heavy atom. The van der Waals surface area contributed by atoms with E-state index < -0.39 is 11.8 Å². The molecule has 2 aromatic carbocycles. The predicted octanol–water partition coefficient (Wildman–Crippen LogP) is 3.18. The van der Waals surface area contributed by atoms with Gasteiger partial charge in [-0.25, -0.2) is 5.43 Å². The first-order valence-corrected chi connectivity index (χ1v) is 10.1. The lowest BCUT2D eigenvalue weighted by molar-refractivity contribution is -0.139. The first kappa shape index (κ1) is 24.5. The molecule has 0 bridgehead atoms. The number of carbonyl (C=O) groups excluding carboxylic acids is 2. The SMILES string of the molecule is COCCCNC(=O)C(=O)N/N=C\c1cccc(OC)c1OCc1ccc(Cl)c(Cl)c1. The van der Waals surface area contributed by atoms with E-state index in [2.05, 4.69) is 15.8 Å². The smallest absolute Gasteiger partial charge is 0.329 e. The van der Waals surface area contributed by atoms with Gasteiger partial charge in [0.05, 0.1) is 23.4 Å². The molecule has 2 rings (SSSR count). The molecule has 0 aromatic heterocycles. The van der Waals surface area contributed by atoms with Crippen molar-refractivity contribution in [2.45, 2.75) is 13.0 Å². The van der Waals surface area contributed by atoms with E-state index in [-0.39, 0.29) is 6.61 Å². The Morgan fingerprint density at radius 3 is 2.61 bits per heavy atom. The molecule has 0 radical (unpaired) electrons. The summed E-state index contributed by atoms with van der Waals surface area (Å²) in [5.74, 6) is -0.769. The number of halogens is 2. The zero-order valence-electron chi connectivity index (χ0n) is 17.1. The van der Waals surface area contributed by atoms with Crippen LogP contribution in [0.25, 0.3) is 0 Å². The number of hydrogen-bond donors (Lipinski definition) is 2.